The van der Waals surface area contributed by atoms with Gasteiger partial charge in [0.05, 0.1) is 0 Å². The molecule has 0 aromatic carbocycles. The maximum absolute atomic E-state index is 2.45. The molecule has 0 rings (SSSR count). The van der Waals surface area contributed by atoms with Crippen molar-refractivity contribution in [2.45, 2.75) is 575 Å². The minimum Gasteiger partial charge on any atom is -0.0654 e. The first-order valence-corrected chi connectivity index (χ1v) is 45.5. The first-order chi connectivity index (χ1) is 45.5. The Labute approximate surface area is 588 Å². The summed E-state index contributed by atoms with van der Waals surface area (Å²) < 4.78 is 0. The molecule has 0 heterocycles. The van der Waals surface area contributed by atoms with Gasteiger partial charge in [-0.1, -0.05) is 524 Å². The third-order valence-corrected chi connectivity index (χ3v) is 24.2. The monoisotopic (exact) mass is 1290 g/mol. The molecule has 0 bridgehead atoms. The summed E-state index contributed by atoms with van der Waals surface area (Å²) >= 11 is 0. The molecule has 0 nitrogen and oxygen atoms in total. The normalized spacial score (nSPS) is 14.0. The zero-order chi connectivity index (χ0) is 66.8. The summed E-state index contributed by atoms with van der Waals surface area (Å²) in [6.07, 6.45) is 121. The topological polar surface area (TPSA) is 0 Å². The van der Waals surface area contributed by atoms with Gasteiger partial charge >= 0.3 is 0 Å². The Hall–Kier alpha value is 0. The molecule has 0 saturated heterocycles. The average molecular weight is 1290 g/mol. The molecule has 0 aromatic rings. The highest BCUT2D eigenvalue weighted by Gasteiger charge is 2.59. The Morgan fingerprint density at radius 1 is 0.0978 bits per heavy atom. The Kier molecular flexibility index (Phi) is 75.2. The van der Waals surface area contributed by atoms with Gasteiger partial charge in [0.15, 0.2) is 0 Å². The summed E-state index contributed by atoms with van der Waals surface area (Å²) in [5.74, 6) is 0. The van der Waals surface area contributed by atoms with Crippen molar-refractivity contribution in [2.24, 2.45) is 16.2 Å². The Morgan fingerprint density at radius 2 is 0.185 bits per heavy atom. The summed E-state index contributed by atoms with van der Waals surface area (Å²) in [6, 6.07) is 0. The predicted octanol–water partition coefficient (Wildman–Crippen LogP) is 35.7. The molecule has 0 spiro atoms. The van der Waals surface area contributed by atoms with Crippen molar-refractivity contribution in [3.63, 3.8) is 0 Å². The highest BCUT2D eigenvalue weighted by Crippen LogP contribution is 2.69. The van der Waals surface area contributed by atoms with Crippen molar-refractivity contribution in [3.05, 3.63) is 0 Å². The highest BCUT2D eigenvalue weighted by molar-refractivity contribution is 5.09. The highest BCUT2D eigenvalue weighted by atomic mass is 14.6. The van der Waals surface area contributed by atoms with Crippen LogP contribution in [-0.4, -0.2) is 0 Å². The van der Waals surface area contributed by atoms with Gasteiger partial charge in [-0.25, -0.2) is 0 Å². The fraction of sp³-hybridized carbons (Fsp3) is 1.00. The van der Waals surface area contributed by atoms with E-state index >= 15 is 0 Å². The Morgan fingerprint density at radius 3 is 0.293 bits per heavy atom. The van der Waals surface area contributed by atoms with E-state index in [1.165, 1.54) is 469 Å². The van der Waals surface area contributed by atoms with Crippen LogP contribution in [0.3, 0.4) is 0 Å². The van der Waals surface area contributed by atoms with Crippen molar-refractivity contribution in [1.82, 2.24) is 0 Å². The van der Waals surface area contributed by atoms with Gasteiger partial charge in [-0.2, -0.15) is 0 Å². The van der Waals surface area contributed by atoms with Crippen molar-refractivity contribution in [3.8, 4) is 0 Å². The van der Waals surface area contributed by atoms with E-state index in [1.807, 2.05) is 0 Å². The molecule has 0 amide bonds. The van der Waals surface area contributed by atoms with Gasteiger partial charge in [-0.15, -0.1) is 0 Å². The number of hydrogen-bond acceptors (Lipinski definition) is 0. The quantitative estimate of drug-likeness (QED) is 0.0533. The Bertz CT molecular complexity index is 1310. The smallest absolute Gasteiger partial charge is 0.0184 e. The summed E-state index contributed by atoms with van der Waals surface area (Å²) in [5.41, 5.74) is 1.42. The van der Waals surface area contributed by atoms with Gasteiger partial charge in [0.1, 0.15) is 0 Å². The molecular weight excluding hydrogens is 1110 g/mol. The van der Waals surface area contributed by atoms with Crippen LogP contribution in [0.5, 0.6) is 0 Å². The summed E-state index contributed by atoms with van der Waals surface area (Å²) in [4.78, 5) is 0. The van der Waals surface area contributed by atoms with E-state index in [9.17, 15) is 0 Å². The second-order valence-electron chi connectivity index (χ2n) is 32.6. The number of hydrogen-bond donors (Lipinski definition) is 0. The van der Waals surface area contributed by atoms with Crippen LogP contribution in [0.4, 0.5) is 0 Å². The third-order valence-electron chi connectivity index (χ3n) is 24.2. The summed E-state index contributed by atoms with van der Waals surface area (Å²) in [5, 5.41) is 0. The van der Waals surface area contributed by atoms with Gasteiger partial charge in [0.25, 0.3) is 0 Å². The van der Waals surface area contributed by atoms with E-state index in [1.54, 1.807) is 51.4 Å². The molecule has 0 saturated carbocycles. The number of rotatable bonds is 83. The molecule has 0 heteroatoms. The zero-order valence-corrected chi connectivity index (χ0v) is 66.8. The largest absolute Gasteiger partial charge is 0.0654 e. The fourth-order valence-corrected chi connectivity index (χ4v) is 18.2. The second kappa shape index (κ2) is 75.2. The molecule has 3 unspecified atom stereocenters. The fourth-order valence-electron chi connectivity index (χ4n) is 18.2. The standard InChI is InChI=1S/C92H186/c1-9-17-25-33-41-47-51-53-58-63-71-79-87-91(85-77-69-61-56-50-44-36-28-20-12-4,86-78-70-62-57-52-48-42-34-26-18-10-2)92(88-80-72-64-46-38-30-22-14-6,89-81-73-65-54-45-37-29-21-13-5)90(82-74-66-40-32-24-16-8,83-75-67-59-39-31-23-15-7)84-76-68-60-55-49-43-35-27-19-11-3/h9-89H2,1-8H3. The van der Waals surface area contributed by atoms with Gasteiger partial charge in [-0.3, -0.25) is 0 Å². The van der Waals surface area contributed by atoms with Gasteiger partial charge in [0.2, 0.25) is 0 Å². The molecule has 0 radical (unpaired) electrons. The van der Waals surface area contributed by atoms with Crippen molar-refractivity contribution >= 4 is 0 Å². The van der Waals surface area contributed by atoms with E-state index in [-0.39, 0.29) is 0 Å². The lowest BCUT2D eigenvalue weighted by molar-refractivity contribution is -0.140. The van der Waals surface area contributed by atoms with Crippen molar-refractivity contribution in [1.29, 1.82) is 0 Å². The molecule has 92 heavy (non-hydrogen) atoms. The molecule has 0 fully saturated rings. The lowest BCUT2D eigenvalue weighted by Crippen LogP contribution is -2.54. The predicted molar refractivity (Wildman–Crippen MR) is 427 cm³/mol. The van der Waals surface area contributed by atoms with Crippen LogP contribution in [0.25, 0.3) is 0 Å². The summed E-state index contributed by atoms with van der Waals surface area (Å²) in [7, 11) is 0. The molecule has 0 aromatic heterocycles. The molecule has 554 valence electrons. The van der Waals surface area contributed by atoms with Crippen molar-refractivity contribution in [2.75, 3.05) is 0 Å². The number of unbranched alkanes of at least 4 members (excludes halogenated alkanes) is 65. The van der Waals surface area contributed by atoms with Gasteiger partial charge < -0.3 is 0 Å². The van der Waals surface area contributed by atoms with Crippen LogP contribution in [0.2, 0.25) is 0 Å². The Balaban J connectivity index is 8.36. The lowest BCUT2D eigenvalue weighted by atomic mass is 9.41. The maximum Gasteiger partial charge on any atom is -0.0184 e. The van der Waals surface area contributed by atoms with Crippen LogP contribution in [0.15, 0.2) is 0 Å². The van der Waals surface area contributed by atoms with E-state index in [0.717, 1.165) is 0 Å². The summed E-state index contributed by atoms with van der Waals surface area (Å²) in [6.45, 7) is 19.2. The van der Waals surface area contributed by atoms with Crippen LogP contribution in [-0.2, 0) is 0 Å². The van der Waals surface area contributed by atoms with Gasteiger partial charge in [-0.05, 0) is 67.6 Å². The molecule has 0 aliphatic rings. The van der Waals surface area contributed by atoms with E-state index in [4.69, 9.17) is 0 Å². The first-order valence-electron chi connectivity index (χ1n) is 45.5. The molecule has 0 N–H and O–H groups in total. The van der Waals surface area contributed by atoms with Crippen LogP contribution >= 0.6 is 0 Å². The third kappa shape index (κ3) is 53.9. The van der Waals surface area contributed by atoms with Crippen LogP contribution in [0, 0.1) is 16.2 Å². The molecule has 0 aliphatic carbocycles. The molecule has 3 atom stereocenters. The molecular formula is C92H186. The van der Waals surface area contributed by atoms with E-state index in [2.05, 4.69) is 55.4 Å². The maximum atomic E-state index is 2.45. The van der Waals surface area contributed by atoms with Crippen LogP contribution in [0.1, 0.15) is 575 Å². The zero-order valence-electron chi connectivity index (χ0n) is 66.8. The van der Waals surface area contributed by atoms with E-state index in [0.29, 0.717) is 16.2 Å². The van der Waals surface area contributed by atoms with Gasteiger partial charge in [0, 0.05) is 0 Å². The SMILES string of the molecule is CCCCCCCCCCCCCCC(CCCCCCCCCCCC)(CCCCCCCCCCCCC)C(CCCCCCCCCC)(CCCCCCCCCCC)C(CCCCCCCC)(CCCCCCCCC)CCCCCCCCCCCC. The molecule has 0 aliphatic heterocycles. The first kappa shape index (κ1) is 92.0. The second-order valence-corrected chi connectivity index (χ2v) is 32.6. The van der Waals surface area contributed by atoms with E-state index < -0.39 is 0 Å². The average Bonchev–Trinajstić information content (AvgIpc) is 0.725. The minimum atomic E-state index is 0.462. The minimum absolute atomic E-state index is 0.462. The lowest BCUT2D eigenvalue weighted by Gasteiger charge is -2.64. The van der Waals surface area contributed by atoms with Crippen LogP contribution < -0.4 is 0 Å². The van der Waals surface area contributed by atoms with Crippen molar-refractivity contribution < 1.29 is 0 Å².